The Morgan fingerprint density at radius 3 is 2.50 bits per heavy atom. The molecule has 0 aliphatic carbocycles. The number of amides is 1. The van der Waals surface area contributed by atoms with Gasteiger partial charge >= 0.3 is 5.97 Å². The Morgan fingerprint density at radius 2 is 1.84 bits per heavy atom. The normalized spacial score (nSPS) is 16.7. The van der Waals surface area contributed by atoms with E-state index in [4.69, 9.17) is 4.74 Å². The van der Waals surface area contributed by atoms with Crippen molar-refractivity contribution in [2.24, 2.45) is 5.92 Å². The van der Waals surface area contributed by atoms with E-state index in [0.29, 0.717) is 6.07 Å². The number of esters is 1. The van der Waals surface area contributed by atoms with Crippen LogP contribution in [0.4, 0.5) is 17.6 Å². The van der Waals surface area contributed by atoms with Gasteiger partial charge in [0.05, 0.1) is 18.7 Å². The molecule has 4 nitrogen and oxygen atoms in total. The lowest BCUT2D eigenvalue weighted by Crippen LogP contribution is -2.38. The van der Waals surface area contributed by atoms with Crippen molar-refractivity contribution in [2.45, 2.75) is 39.7 Å². The molecule has 0 spiro atoms. The lowest BCUT2D eigenvalue weighted by atomic mass is 9.83. The lowest BCUT2D eigenvalue weighted by molar-refractivity contribution is -0.141. The van der Waals surface area contributed by atoms with Crippen molar-refractivity contribution in [3.05, 3.63) is 82.1 Å². The van der Waals surface area contributed by atoms with E-state index in [-0.39, 0.29) is 47.9 Å². The van der Waals surface area contributed by atoms with Crippen molar-refractivity contribution in [3.63, 3.8) is 0 Å². The van der Waals surface area contributed by atoms with Gasteiger partial charge in [-0.05, 0) is 30.5 Å². The van der Waals surface area contributed by atoms with E-state index >= 15 is 0 Å². The third-order valence-electron chi connectivity index (χ3n) is 5.29. The maximum absolute atomic E-state index is 14.6. The first-order chi connectivity index (χ1) is 15.1. The zero-order valence-electron chi connectivity index (χ0n) is 17.9. The fraction of sp³-hybridized carbons (Fsp3) is 0.333. The van der Waals surface area contributed by atoms with Gasteiger partial charge in [0.1, 0.15) is 11.6 Å². The minimum atomic E-state index is -1.09. The highest BCUT2D eigenvalue weighted by Crippen LogP contribution is 2.39. The molecule has 1 amide bonds. The Balaban J connectivity index is 2.07. The Hall–Kier alpha value is -3.16. The summed E-state index contributed by atoms with van der Waals surface area (Å²) in [6.07, 6.45) is -0.317. The van der Waals surface area contributed by atoms with E-state index in [1.165, 1.54) is 25.1 Å². The van der Waals surface area contributed by atoms with Crippen LogP contribution in [0.25, 0.3) is 0 Å². The fourth-order valence-corrected chi connectivity index (χ4v) is 3.68. The summed E-state index contributed by atoms with van der Waals surface area (Å²) in [5.41, 5.74) is 0.0751. The highest BCUT2D eigenvalue weighted by atomic mass is 19.2. The largest absolute Gasteiger partial charge is 0.462 e. The molecule has 0 radical (unpaired) electrons. The molecule has 1 aliphatic rings. The Bertz CT molecular complexity index is 1080. The second-order valence-corrected chi connectivity index (χ2v) is 8.11. The molecule has 0 saturated carbocycles. The van der Waals surface area contributed by atoms with Gasteiger partial charge < -0.3 is 9.64 Å². The smallest absolute Gasteiger partial charge is 0.336 e. The molecule has 1 aliphatic heterocycles. The first-order valence-corrected chi connectivity index (χ1v) is 10.2. The highest BCUT2D eigenvalue weighted by Gasteiger charge is 2.38. The quantitative estimate of drug-likeness (QED) is 0.448. The number of carbonyl (C=O) groups is 2. The van der Waals surface area contributed by atoms with Gasteiger partial charge in [-0.15, -0.1) is 0 Å². The van der Waals surface area contributed by atoms with Gasteiger partial charge in [0, 0.05) is 29.7 Å². The molecule has 0 bridgehead atoms. The van der Waals surface area contributed by atoms with Crippen molar-refractivity contribution in [1.82, 2.24) is 4.90 Å². The molecule has 0 fully saturated rings. The molecular formula is C24H23F4NO3. The summed E-state index contributed by atoms with van der Waals surface area (Å²) in [7, 11) is 0. The van der Waals surface area contributed by atoms with E-state index in [9.17, 15) is 27.2 Å². The Kier molecular flexibility index (Phi) is 7.01. The van der Waals surface area contributed by atoms with Crippen molar-refractivity contribution in [2.75, 3.05) is 6.61 Å². The van der Waals surface area contributed by atoms with Gasteiger partial charge in [0.2, 0.25) is 5.91 Å². The number of halogens is 4. The summed E-state index contributed by atoms with van der Waals surface area (Å²) in [5.74, 6) is -6.07. The van der Waals surface area contributed by atoms with Gasteiger partial charge in [-0.25, -0.2) is 22.4 Å². The topological polar surface area (TPSA) is 46.6 Å². The van der Waals surface area contributed by atoms with E-state index in [1.807, 2.05) is 13.8 Å². The molecule has 2 aromatic carbocycles. The lowest BCUT2D eigenvalue weighted by Gasteiger charge is -2.34. The summed E-state index contributed by atoms with van der Waals surface area (Å²) in [6, 6.07) is 6.52. The van der Waals surface area contributed by atoms with Crippen LogP contribution in [0, 0.1) is 29.2 Å². The van der Waals surface area contributed by atoms with Crippen LogP contribution in [0.15, 0.2) is 47.7 Å². The average molecular weight is 449 g/mol. The highest BCUT2D eigenvalue weighted by molar-refractivity contribution is 5.95. The second kappa shape index (κ2) is 9.54. The standard InChI is InChI=1S/C24H23F4NO3/c1-13(2)12-32-24(31)22-14(3)29(11-15-5-4-6-19(26)23(15)28)21(30)10-18(22)17-8-7-16(25)9-20(17)27/h4-9,13,18H,10-12H2,1-3H3/t18-/m1/s1. The van der Waals surface area contributed by atoms with Crippen LogP contribution >= 0.6 is 0 Å². The number of carbonyl (C=O) groups excluding carboxylic acids is 2. The van der Waals surface area contributed by atoms with Crippen LogP contribution in [0.1, 0.15) is 44.2 Å². The molecule has 1 heterocycles. The number of rotatable bonds is 6. The monoisotopic (exact) mass is 449 g/mol. The molecule has 1 atom stereocenters. The van der Waals surface area contributed by atoms with E-state index in [2.05, 4.69) is 0 Å². The third-order valence-corrected chi connectivity index (χ3v) is 5.29. The molecule has 0 saturated heterocycles. The molecule has 8 heteroatoms. The molecule has 170 valence electrons. The fourth-order valence-electron chi connectivity index (χ4n) is 3.68. The minimum Gasteiger partial charge on any atom is -0.462 e. The zero-order valence-corrected chi connectivity index (χ0v) is 17.9. The van der Waals surface area contributed by atoms with E-state index < -0.39 is 41.1 Å². The molecule has 2 aromatic rings. The van der Waals surface area contributed by atoms with Gasteiger partial charge in [-0.2, -0.15) is 0 Å². The molecule has 0 unspecified atom stereocenters. The number of hydrogen-bond acceptors (Lipinski definition) is 3. The number of hydrogen-bond donors (Lipinski definition) is 0. The van der Waals surface area contributed by atoms with Crippen LogP contribution in [0.3, 0.4) is 0 Å². The van der Waals surface area contributed by atoms with Crippen LogP contribution < -0.4 is 0 Å². The predicted octanol–water partition coefficient (Wildman–Crippen LogP) is 5.23. The maximum Gasteiger partial charge on any atom is 0.336 e. The van der Waals surface area contributed by atoms with Crippen LogP contribution in [-0.2, 0) is 20.9 Å². The first kappa shape index (κ1) is 23.5. The third kappa shape index (κ3) is 4.84. The summed E-state index contributed by atoms with van der Waals surface area (Å²) < 4.78 is 61.1. The molecule has 32 heavy (non-hydrogen) atoms. The number of nitrogens with zero attached hydrogens (tertiary/aromatic N) is 1. The van der Waals surface area contributed by atoms with E-state index in [0.717, 1.165) is 17.0 Å². The van der Waals surface area contributed by atoms with E-state index in [1.54, 1.807) is 0 Å². The average Bonchev–Trinajstić information content (AvgIpc) is 2.72. The van der Waals surface area contributed by atoms with Crippen molar-refractivity contribution in [1.29, 1.82) is 0 Å². The molecule has 0 N–H and O–H groups in total. The number of allylic oxidation sites excluding steroid dienone is 1. The van der Waals surface area contributed by atoms with Crippen molar-refractivity contribution >= 4 is 11.9 Å². The van der Waals surface area contributed by atoms with Gasteiger partial charge in [-0.1, -0.05) is 32.0 Å². The number of ether oxygens (including phenoxy) is 1. The second-order valence-electron chi connectivity index (χ2n) is 8.11. The summed E-state index contributed by atoms with van der Waals surface area (Å²) >= 11 is 0. The van der Waals surface area contributed by atoms with Gasteiger partial charge in [0.15, 0.2) is 11.6 Å². The van der Waals surface area contributed by atoms with Crippen LogP contribution in [0.2, 0.25) is 0 Å². The molecule has 0 aromatic heterocycles. The van der Waals surface area contributed by atoms with Crippen LogP contribution in [0.5, 0.6) is 0 Å². The minimum absolute atomic E-state index is 0.0209. The molecular weight excluding hydrogens is 426 g/mol. The van der Waals surface area contributed by atoms with Gasteiger partial charge in [0.25, 0.3) is 0 Å². The Labute approximate surface area is 183 Å². The van der Waals surface area contributed by atoms with Crippen molar-refractivity contribution < 1.29 is 31.9 Å². The summed E-state index contributed by atoms with van der Waals surface area (Å²) in [4.78, 5) is 27.0. The Morgan fingerprint density at radius 1 is 1.12 bits per heavy atom. The SMILES string of the molecule is CC1=C(C(=O)OCC(C)C)[C@@H](c2ccc(F)cc2F)CC(=O)N1Cc1cccc(F)c1F. The molecule has 3 rings (SSSR count). The maximum atomic E-state index is 14.6. The zero-order chi connectivity index (χ0) is 23.6. The summed E-state index contributed by atoms with van der Waals surface area (Å²) in [5, 5.41) is 0. The van der Waals surface area contributed by atoms with Crippen LogP contribution in [-0.4, -0.2) is 23.4 Å². The first-order valence-electron chi connectivity index (χ1n) is 10.2. The van der Waals surface area contributed by atoms with Crippen molar-refractivity contribution in [3.8, 4) is 0 Å². The number of benzene rings is 2. The predicted molar refractivity (Wildman–Crippen MR) is 109 cm³/mol. The summed E-state index contributed by atoms with van der Waals surface area (Å²) in [6.45, 7) is 4.94. The van der Waals surface area contributed by atoms with Gasteiger partial charge in [-0.3, -0.25) is 4.79 Å².